The van der Waals surface area contributed by atoms with E-state index in [1.54, 1.807) is 12.4 Å². The van der Waals surface area contributed by atoms with Crippen LogP contribution in [0.2, 0.25) is 0 Å². The monoisotopic (exact) mass is 290 g/mol. The highest BCUT2D eigenvalue weighted by molar-refractivity contribution is 8.08. The zero-order valence-corrected chi connectivity index (χ0v) is 11.1. The molecule has 0 aromatic heterocycles. The quantitative estimate of drug-likeness (QED) is 0.337. The van der Waals surface area contributed by atoms with Crippen molar-refractivity contribution in [1.29, 1.82) is 5.26 Å². The summed E-state index contributed by atoms with van der Waals surface area (Å²) >= 11 is 0.415. The third-order valence-corrected chi connectivity index (χ3v) is 3.44. The number of alkyl halides is 3. The van der Waals surface area contributed by atoms with E-state index < -0.39 is 11.7 Å². The molecule has 0 bridgehead atoms. The normalized spacial score (nSPS) is 17.6. The van der Waals surface area contributed by atoms with Gasteiger partial charge in [0.05, 0.1) is 10.5 Å². The molecule has 19 heavy (non-hydrogen) atoms. The van der Waals surface area contributed by atoms with Gasteiger partial charge in [-0.2, -0.15) is 18.4 Å². The lowest BCUT2D eigenvalue weighted by atomic mass is 9.92. The Bertz CT molecular complexity index is 433. The fourth-order valence-corrected chi connectivity index (χ4v) is 1.94. The molecule has 104 valence electrons. The molecule has 1 rings (SSSR count). The van der Waals surface area contributed by atoms with Crippen molar-refractivity contribution in [2.24, 2.45) is 0 Å². The predicted octanol–water partition coefficient (Wildman–Crippen LogP) is 3.21. The number of nitriles is 1. The van der Waals surface area contributed by atoms with Gasteiger partial charge in [-0.05, 0) is 37.1 Å². The van der Waals surface area contributed by atoms with E-state index in [-0.39, 0.29) is 17.2 Å². The number of hydrogen-bond acceptors (Lipinski definition) is 4. The highest BCUT2D eigenvalue weighted by Crippen LogP contribution is 2.31. The highest BCUT2D eigenvalue weighted by atomic mass is 32.2. The van der Waals surface area contributed by atoms with Crippen LogP contribution in [0.4, 0.5) is 13.2 Å². The Morgan fingerprint density at radius 3 is 2.47 bits per heavy atom. The molecular weight excluding hydrogens is 277 g/mol. The van der Waals surface area contributed by atoms with Gasteiger partial charge in [0, 0.05) is 19.3 Å². The van der Waals surface area contributed by atoms with Gasteiger partial charge in [0.2, 0.25) is 0 Å². The number of allylic oxidation sites excluding steroid dienone is 3. The summed E-state index contributed by atoms with van der Waals surface area (Å²) in [5.74, 6) is 0. The number of hydrogen-bond donors (Lipinski definition) is 0. The van der Waals surface area contributed by atoms with Crippen LogP contribution in [0.15, 0.2) is 22.8 Å². The average molecular weight is 290 g/mol. The van der Waals surface area contributed by atoms with Crippen molar-refractivity contribution in [2.45, 2.75) is 31.5 Å². The van der Waals surface area contributed by atoms with Crippen molar-refractivity contribution in [3.63, 3.8) is 0 Å². The molecule has 3 nitrogen and oxygen atoms in total. The van der Waals surface area contributed by atoms with Crippen LogP contribution in [-0.4, -0.2) is 30.5 Å². The lowest BCUT2D eigenvalue weighted by Crippen LogP contribution is -2.34. The van der Waals surface area contributed by atoms with Crippen LogP contribution < -0.4 is 0 Å². The van der Waals surface area contributed by atoms with Gasteiger partial charge in [0.1, 0.15) is 5.40 Å². The van der Waals surface area contributed by atoms with E-state index in [1.165, 1.54) is 4.90 Å². The molecule has 7 heteroatoms. The summed E-state index contributed by atoms with van der Waals surface area (Å²) < 4.78 is 38.6. The van der Waals surface area contributed by atoms with Crippen LogP contribution in [0.3, 0.4) is 0 Å². The number of aldehydes is 1. The summed E-state index contributed by atoms with van der Waals surface area (Å²) in [6, 6.07) is 0.119. The minimum absolute atomic E-state index is 0.119. The molecule has 0 saturated heterocycles. The van der Waals surface area contributed by atoms with E-state index in [2.05, 4.69) is 0 Å². The Labute approximate surface area is 113 Å². The van der Waals surface area contributed by atoms with Crippen LogP contribution in [0, 0.1) is 10.7 Å². The lowest BCUT2D eigenvalue weighted by Gasteiger charge is -2.34. The number of carbonyl (C=O) groups is 1. The number of thiocyanates is 1. The average Bonchev–Trinajstić information content (AvgIpc) is 2.23. The summed E-state index contributed by atoms with van der Waals surface area (Å²) in [6.45, 7) is 0. The van der Waals surface area contributed by atoms with Crippen LogP contribution in [0.25, 0.3) is 0 Å². The molecule has 0 radical (unpaired) electrons. The Morgan fingerprint density at radius 1 is 1.47 bits per heavy atom. The van der Waals surface area contributed by atoms with Crippen LogP contribution in [0.1, 0.15) is 19.3 Å². The SMILES string of the molecule is CN(/C=C(\C=C(/C=O)SC#N)C(F)(F)F)C1CCC1. The predicted molar refractivity (Wildman–Crippen MR) is 66.9 cm³/mol. The molecule has 1 fully saturated rings. The van der Waals surface area contributed by atoms with Crippen LogP contribution >= 0.6 is 11.8 Å². The molecular formula is C12H13F3N2OS. The summed E-state index contributed by atoms with van der Waals surface area (Å²) in [7, 11) is 1.58. The number of nitrogens with zero attached hydrogens (tertiary/aromatic N) is 2. The van der Waals surface area contributed by atoms with Crippen molar-refractivity contribution < 1.29 is 18.0 Å². The molecule has 0 atom stereocenters. The van der Waals surface area contributed by atoms with Gasteiger partial charge in [-0.25, -0.2) is 0 Å². The summed E-state index contributed by atoms with van der Waals surface area (Å²) in [5.41, 5.74) is -0.924. The maximum atomic E-state index is 12.9. The number of thioether (sulfide) groups is 1. The fourth-order valence-electron chi connectivity index (χ4n) is 1.60. The Balaban J connectivity index is 2.97. The molecule has 0 unspecified atom stereocenters. The summed E-state index contributed by atoms with van der Waals surface area (Å²) in [6.07, 6.45) is 0.148. The number of halogens is 3. The van der Waals surface area contributed by atoms with Gasteiger partial charge in [0.15, 0.2) is 6.29 Å². The Kier molecular flexibility index (Phi) is 5.48. The fraction of sp³-hybridized carbons (Fsp3) is 0.500. The standard InChI is InChI=1S/C12H13F3N2OS/c1-17(10-3-2-4-10)6-9(12(13,14)15)5-11(7-18)19-8-16/h5-7,10H,2-4H2,1H3/b9-6+,11-5+. The maximum absolute atomic E-state index is 12.9. The molecule has 0 heterocycles. The van der Waals surface area contributed by atoms with Crippen molar-refractivity contribution in [2.75, 3.05) is 7.05 Å². The van der Waals surface area contributed by atoms with Gasteiger partial charge in [-0.1, -0.05) is 0 Å². The van der Waals surface area contributed by atoms with E-state index in [0.717, 1.165) is 25.5 Å². The van der Waals surface area contributed by atoms with E-state index in [9.17, 15) is 18.0 Å². The third-order valence-electron chi connectivity index (χ3n) is 2.90. The first kappa shape index (κ1) is 15.6. The smallest absolute Gasteiger partial charge is 0.377 e. The molecule has 0 spiro atoms. The second kappa shape index (κ2) is 6.66. The minimum Gasteiger partial charge on any atom is -0.377 e. The van der Waals surface area contributed by atoms with Gasteiger partial charge in [-0.15, -0.1) is 0 Å². The lowest BCUT2D eigenvalue weighted by molar-refractivity contribution is -0.104. The molecule has 1 saturated carbocycles. The van der Waals surface area contributed by atoms with E-state index >= 15 is 0 Å². The van der Waals surface area contributed by atoms with E-state index in [0.29, 0.717) is 17.8 Å². The van der Waals surface area contributed by atoms with E-state index in [4.69, 9.17) is 5.26 Å². The first-order valence-electron chi connectivity index (χ1n) is 5.62. The molecule has 0 amide bonds. The van der Waals surface area contributed by atoms with Crippen molar-refractivity contribution >= 4 is 18.0 Å². The number of rotatable bonds is 5. The Morgan fingerprint density at radius 2 is 2.11 bits per heavy atom. The number of carbonyl (C=O) groups excluding carboxylic acids is 1. The molecule has 1 aliphatic carbocycles. The van der Waals surface area contributed by atoms with Crippen LogP contribution in [0.5, 0.6) is 0 Å². The van der Waals surface area contributed by atoms with Gasteiger partial charge in [0.25, 0.3) is 0 Å². The first-order valence-corrected chi connectivity index (χ1v) is 6.44. The first-order chi connectivity index (χ1) is 8.88. The van der Waals surface area contributed by atoms with Crippen LogP contribution in [-0.2, 0) is 4.79 Å². The Hall–Kier alpha value is -1.42. The topological polar surface area (TPSA) is 44.1 Å². The summed E-state index contributed by atoms with van der Waals surface area (Å²) in [4.78, 5) is 11.9. The van der Waals surface area contributed by atoms with E-state index in [1.807, 2.05) is 0 Å². The molecule has 0 aromatic carbocycles. The second-order valence-electron chi connectivity index (χ2n) is 4.19. The zero-order chi connectivity index (χ0) is 14.5. The maximum Gasteiger partial charge on any atom is 0.417 e. The zero-order valence-electron chi connectivity index (χ0n) is 10.3. The van der Waals surface area contributed by atoms with Crippen molar-refractivity contribution in [3.8, 4) is 5.40 Å². The highest BCUT2D eigenvalue weighted by Gasteiger charge is 2.34. The third kappa shape index (κ3) is 4.63. The molecule has 0 aromatic rings. The summed E-state index contributed by atoms with van der Waals surface area (Å²) in [5, 5.41) is 9.99. The van der Waals surface area contributed by atoms with Gasteiger partial charge < -0.3 is 4.90 Å². The molecule has 1 aliphatic rings. The minimum atomic E-state index is -4.55. The largest absolute Gasteiger partial charge is 0.417 e. The van der Waals surface area contributed by atoms with Crippen molar-refractivity contribution in [3.05, 3.63) is 22.8 Å². The van der Waals surface area contributed by atoms with Gasteiger partial charge >= 0.3 is 6.18 Å². The van der Waals surface area contributed by atoms with Crippen molar-refractivity contribution in [1.82, 2.24) is 4.90 Å². The molecule has 0 aliphatic heterocycles. The molecule has 0 N–H and O–H groups in total. The van der Waals surface area contributed by atoms with Gasteiger partial charge in [-0.3, -0.25) is 4.79 Å². The second-order valence-corrected chi connectivity index (χ2v) is 5.05.